The summed E-state index contributed by atoms with van der Waals surface area (Å²) < 4.78 is 5.60. The predicted octanol–water partition coefficient (Wildman–Crippen LogP) is 4.04. The molecule has 1 aliphatic carbocycles. The van der Waals surface area contributed by atoms with Crippen LogP contribution in [0.25, 0.3) is 28.4 Å². The van der Waals surface area contributed by atoms with Crippen LogP contribution in [0.2, 0.25) is 0 Å². The first kappa shape index (κ1) is 26.1. The second-order valence-electron chi connectivity index (χ2n) is 10.6. The number of rotatable bonds is 6. The molecule has 9 heteroatoms. The van der Waals surface area contributed by atoms with Gasteiger partial charge in [0, 0.05) is 62.8 Å². The lowest BCUT2D eigenvalue weighted by Crippen LogP contribution is -2.45. The minimum absolute atomic E-state index is 0.633. The Morgan fingerprint density at radius 3 is 2.79 bits per heavy atom. The molecular weight excluding hydrogens is 506 g/mol. The van der Waals surface area contributed by atoms with Gasteiger partial charge in [-0.25, -0.2) is 9.97 Å². The molecule has 2 aliphatic heterocycles. The number of fused-ring (bicyclic) bond motifs is 1. The molecule has 1 aromatic carbocycles. The second kappa shape index (κ2) is 11.5. The van der Waals surface area contributed by atoms with Crippen molar-refractivity contribution in [3.05, 3.63) is 59.0 Å². The Balaban J connectivity index is 1.34. The van der Waals surface area contributed by atoms with E-state index < -0.39 is 0 Å². The van der Waals surface area contributed by atoms with Crippen LogP contribution < -0.4 is 4.90 Å². The summed E-state index contributed by atoms with van der Waals surface area (Å²) in [5.41, 5.74) is 6.43. The lowest BCUT2D eigenvalue weighted by atomic mass is 9.94. The van der Waals surface area contributed by atoms with Gasteiger partial charge in [0.25, 0.3) is 0 Å². The minimum atomic E-state index is 0.633. The van der Waals surface area contributed by atoms with Gasteiger partial charge in [0.2, 0.25) is 0 Å². The number of aromatic nitrogens is 4. The summed E-state index contributed by atoms with van der Waals surface area (Å²) in [5.74, 6) is 1.47. The number of nitrogens with one attached hydrogen (secondary N) is 1. The fourth-order valence-corrected chi connectivity index (χ4v) is 5.76. The summed E-state index contributed by atoms with van der Waals surface area (Å²) in [5, 5.41) is 8.10. The fourth-order valence-electron chi connectivity index (χ4n) is 5.45. The Morgan fingerprint density at radius 1 is 1.15 bits per heavy atom. The zero-order chi connectivity index (χ0) is 26.8. The summed E-state index contributed by atoms with van der Waals surface area (Å²) in [6.07, 6.45) is 10.9. The van der Waals surface area contributed by atoms with Crippen LogP contribution in [-0.4, -0.2) is 96.0 Å². The zero-order valence-corrected chi connectivity index (χ0v) is 23.6. The van der Waals surface area contributed by atoms with Gasteiger partial charge < -0.3 is 14.5 Å². The van der Waals surface area contributed by atoms with E-state index in [0.29, 0.717) is 19.0 Å². The highest BCUT2D eigenvalue weighted by Gasteiger charge is 2.21. The minimum Gasteiger partial charge on any atom is -0.378 e. The molecule has 3 aliphatic rings. The predicted molar refractivity (Wildman–Crippen MR) is 158 cm³/mol. The van der Waals surface area contributed by atoms with Crippen molar-refractivity contribution >= 4 is 35.4 Å². The van der Waals surface area contributed by atoms with Gasteiger partial charge in [0.05, 0.1) is 30.0 Å². The lowest BCUT2D eigenvalue weighted by molar-refractivity contribution is 0.122. The smallest absolute Gasteiger partial charge is 0.163 e. The standard InChI is InChI=1S/C30H35N7OS/c1-21(23-6-3-5-22(18-23)20-36-11-9-35(2)10-12-36)17-27-28(39)30(37-13-15-38-16-14-37)33-29(32-27)24-7-4-8-26-25(24)19-31-34-26/h6-7,17-19,39H,3,5,9-16,20H2,1-2H3,(H,31,34)/b21-17+. The van der Waals surface area contributed by atoms with Crippen LogP contribution in [0.1, 0.15) is 25.5 Å². The summed E-state index contributed by atoms with van der Waals surface area (Å²) in [7, 11) is 2.21. The number of allylic oxidation sites excluding steroid dienone is 4. The van der Waals surface area contributed by atoms with Gasteiger partial charge in [-0.15, -0.1) is 12.6 Å². The molecule has 8 nitrogen and oxygen atoms in total. The SMILES string of the molecule is C/C(=C\c1nc(-c2cc#cc3[nH]ncc23)nc(N2CCOCC2)c1S)C1=CCCC(CN2CCN(C)CC2)=C1. The molecule has 0 spiro atoms. The first-order valence-electron chi connectivity index (χ1n) is 13.7. The Hall–Kier alpha value is -3.16. The number of likely N-dealkylation sites (N-methyl/N-ethyl adjacent to an activating group) is 1. The van der Waals surface area contributed by atoms with Crippen molar-refractivity contribution in [3.8, 4) is 11.4 Å². The van der Waals surface area contributed by atoms with Gasteiger partial charge >= 0.3 is 0 Å². The molecule has 0 amide bonds. The van der Waals surface area contributed by atoms with E-state index >= 15 is 0 Å². The van der Waals surface area contributed by atoms with Crippen molar-refractivity contribution in [1.29, 1.82) is 0 Å². The van der Waals surface area contributed by atoms with Crippen LogP contribution in [0, 0.1) is 12.1 Å². The van der Waals surface area contributed by atoms with E-state index in [4.69, 9.17) is 27.3 Å². The highest BCUT2D eigenvalue weighted by Crippen LogP contribution is 2.33. The summed E-state index contributed by atoms with van der Waals surface area (Å²) >= 11 is 4.96. The highest BCUT2D eigenvalue weighted by atomic mass is 32.1. The van der Waals surface area contributed by atoms with Gasteiger partial charge in [-0.05, 0) is 50.1 Å². The van der Waals surface area contributed by atoms with Crippen LogP contribution in [0.3, 0.4) is 0 Å². The topological polar surface area (TPSA) is 73.4 Å². The van der Waals surface area contributed by atoms with Crippen LogP contribution >= 0.6 is 12.6 Å². The number of anilines is 1. The van der Waals surface area contributed by atoms with Crippen LogP contribution in [0.4, 0.5) is 5.82 Å². The molecule has 0 atom stereocenters. The first-order chi connectivity index (χ1) is 19.0. The number of thiol groups is 1. The molecule has 0 radical (unpaired) electrons. The second-order valence-corrected chi connectivity index (χ2v) is 11.0. The van der Waals surface area contributed by atoms with Gasteiger partial charge in [-0.2, -0.15) is 5.10 Å². The molecular formula is C30H35N7OS. The van der Waals surface area contributed by atoms with Crippen LogP contribution in [0.5, 0.6) is 0 Å². The van der Waals surface area contributed by atoms with E-state index in [1.54, 1.807) is 6.20 Å². The molecule has 4 heterocycles. The van der Waals surface area contributed by atoms with Crippen molar-refractivity contribution in [2.45, 2.75) is 24.7 Å². The largest absolute Gasteiger partial charge is 0.378 e. The molecule has 0 saturated carbocycles. The van der Waals surface area contributed by atoms with Gasteiger partial charge in [0.1, 0.15) is 11.3 Å². The van der Waals surface area contributed by atoms with Crippen molar-refractivity contribution < 1.29 is 4.74 Å². The van der Waals surface area contributed by atoms with Crippen molar-refractivity contribution in [3.63, 3.8) is 0 Å². The summed E-state index contributed by atoms with van der Waals surface area (Å²) in [6, 6.07) is 8.05. The Morgan fingerprint density at radius 2 is 1.97 bits per heavy atom. The van der Waals surface area contributed by atoms with E-state index in [0.717, 1.165) is 91.5 Å². The third-order valence-electron chi connectivity index (χ3n) is 7.81. The molecule has 2 fully saturated rings. The number of hydrogen-bond donors (Lipinski definition) is 2. The normalized spacial score (nSPS) is 19.7. The van der Waals surface area contributed by atoms with E-state index in [9.17, 15) is 0 Å². The number of nitrogens with zero attached hydrogens (tertiary/aromatic N) is 6. The van der Waals surface area contributed by atoms with Gasteiger partial charge in [-0.3, -0.25) is 10.00 Å². The number of H-pyrrole nitrogens is 1. The monoisotopic (exact) mass is 541 g/mol. The van der Waals surface area contributed by atoms with Crippen LogP contribution in [0.15, 0.2) is 46.0 Å². The van der Waals surface area contributed by atoms with Crippen molar-refractivity contribution in [2.75, 3.05) is 71.0 Å². The number of aromatic amines is 1. The molecule has 202 valence electrons. The third-order valence-corrected chi connectivity index (χ3v) is 8.24. The van der Waals surface area contributed by atoms with Gasteiger partial charge in [0.15, 0.2) is 5.82 Å². The Kier molecular flexibility index (Phi) is 7.71. The highest BCUT2D eigenvalue weighted by molar-refractivity contribution is 7.80. The number of piperazine rings is 1. The van der Waals surface area contributed by atoms with E-state index in [-0.39, 0.29) is 0 Å². The lowest BCUT2D eigenvalue weighted by Gasteiger charge is -2.33. The zero-order valence-electron chi connectivity index (χ0n) is 22.7. The molecule has 2 aromatic heterocycles. The molecule has 2 saturated heterocycles. The average molecular weight is 542 g/mol. The van der Waals surface area contributed by atoms with E-state index in [1.165, 1.54) is 16.7 Å². The first-order valence-corrected chi connectivity index (χ1v) is 14.2. The number of morpholine rings is 1. The molecule has 6 rings (SSSR count). The van der Waals surface area contributed by atoms with Gasteiger partial charge in [-0.1, -0.05) is 23.8 Å². The molecule has 1 N–H and O–H groups in total. The third kappa shape index (κ3) is 5.75. The Labute approximate surface area is 235 Å². The maximum Gasteiger partial charge on any atom is 0.163 e. The maximum atomic E-state index is 5.60. The molecule has 0 bridgehead atoms. The van der Waals surface area contributed by atoms with E-state index in [1.807, 2.05) is 6.07 Å². The Bertz CT molecular complexity index is 1430. The summed E-state index contributed by atoms with van der Waals surface area (Å²) in [6.45, 7) is 10.7. The average Bonchev–Trinajstić information content (AvgIpc) is 3.45. The molecule has 0 unspecified atom stereocenters. The number of ether oxygens (including phenoxy) is 1. The number of hydrogen-bond acceptors (Lipinski definition) is 8. The quantitative estimate of drug-likeness (QED) is 0.457. The fraction of sp³-hybridized carbons (Fsp3) is 0.433. The van der Waals surface area contributed by atoms with Crippen LogP contribution in [-0.2, 0) is 4.74 Å². The van der Waals surface area contributed by atoms with Crippen molar-refractivity contribution in [1.82, 2.24) is 30.0 Å². The van der Waals surface area contributed by atoms with Crippen molar-refractivity contribution in [2.24, 2.45) is 0 Å². The summed E-state index contributed by atoms with van der Waals surface area (Å²) in [4.78, 5) is 18.0. The maximum absolute atomic E-state index is 5.60. The molecule has 3 aromatic rings. The van der Waals surface area contributed by atoms with E-state index in [2.05, 4.69) is 69.2 Å². The molecule has 39 heavy (non-hydrogen) atoms.